The second kappa shape index (κ2) is 12.5. The normalized spacial score (nSPS) is 11.3. The van der Waals surface area contributed by atoms with Crippen molar-refractivity contribution in [3.8, 4) is 74.3 Å². The molecule has 0 aliphatic heterocycles. The van der Waals surface area contributed by atoms with Gasteiger partial charge in [-0.3, -0.25) is 0 Å². The van der Waals surface area contributed by atoms with Crippen molar-refractivity contribution in [3.05, 3.63) is 107 Å². The first-order chi connectivity index (χ1) is 21.7. The van der Waals surface area contributed by atoms with E-state index in [1.165, 1.54) is 73.2 Å². The van der Waals surface area contributed by atoms with Gasteiger partial charge in [-0.05, 0) is 103 Å². The first kappa shape index (κ1) is 28.6. The highest BCUT2D eigenvalue weighted by atomic mass is 32.1. The number of rotatable bonds is 9. The molecule has 0 aliphatic rings. The largest absolute Gasteiger partial charge is 0.198 e. The van der Waals surface area contributed by atoms with Crippen LogP contribution in [0, 0.1) is 11.3 Å². The summed E-state index contributed by atoms with van der Waals surface area (Å²) in [5.74, 6) is 0. The quantitative estimate of drug-likeness (QED) is 0.146. The Bertz CT molecular complexity index is 2210. The highest BCUT2D eigenvalue weighted by molar-refractivity contribution is 7.31. The van der Waals surface area contributed by atoms with Crippen molar-refractivity contribution in [2.24, 2.45) is 0 Å². The molecular formula is C35H21NS8. The van der Waals surface area contributed by atoms with Gasteiger partial charge in [-0.2, -0.15) is 5.26 Å². The van der Waals surface area contributed by atoms with E-state index < -0.39 is 0 Å². The van der Waals surface area contributed by atoms with Gasteiger partial charge in [0.05, 0.1) is 6.07 Å². The van der Waals surface area contributed by atoms with Crippen LogP contribution in [0.1, 0.15) is 11.3 Å². The molecule has 0 saturated heterocycles. The molecule has 0 aliphatic carbocycles. The first-order valence-electron chi connectivity index (χ1n) is 13.8. The van der Waals surface area contributed by atoms with Crippen LogP contribution in [-0.2, 0) is 6.42 Å². The average Bonchev–Trinajstić information content (AvgIpc) is 3.91. The van der Waals surface area contributed by atoms with E-state index in [0.29, 0.717) is 6.42 Å². The third kappa shape index (κ3) is 5.78. The van der Waals surface area contributed by atoms with E-state index in [4.69, 9.17) is 5.26 Å². The number of hydrogen-bond acceptors (Lipinski definition) is 9. The molecule has 0 spiro atoms. The molecule has 0 atom stereocenters. The van der Waals surface area contributed by atoms with Gasteiger partial charge in [-0.1, -0.05) is 6.07 Å². The fourth-order valence-corrected chi connectivity index (χ4v) is 13.3. The van der Waals surface area contributed by atoms with Crippen molar-refractivity contribution in [3.63, 3.8) is 0 Å². The number of aryl methyl sites for hydroxylation is 1. The minimum Gasteiger partial charge on any atom is -0.198 e. The molecule has 44 heavy (non-hydrogen) atoms. The molecule has 8 heterocycles. The first-order valence-corrected chi connectivity index (χ1v) is 20.4. The second-order valence-electron chi connectivity index (χ2n) is 9.88. The summed E-state index contributed by atoms with van der Waals surface area (Å²) >= 11 is 14.9. The maximum atomic E-state index is 8.88. The number of nitriles is 1. The summed E-state index contributed by atoms with van der Waals surface area (Å²) in [6.07, 6.45) is 1.42. The molecule has 0 N–H and O–H groups in total. The highest BCUT2D eigenvalue weighted by Gasteiger charge is 2.15. The summed E-state index contributed by atoms with van der Waals surface area (Å²) < 4.78 is 0. The zero-order valence-corrected chi connectivity index (χ0v) is 29.5. The number of nitrogens with zero attached hydrogens (tertiary/aromatic N) is 1. The zero-order chi connectivity index (χ0) is 29.5. The maximum Gasteiger partial charge on any atom is 0.0625 e. The molecule has 0 radical (unpaired) electrons. The van der Waals surface area contributed by atoms with Gasteiger partial charge in [0.2, 0.25) is 0 Å². The van der Waals surface area contributed by atoms with E-state index in [1.54, 1.807) is 22.7 Å². The molecule has 0 fully saturated rings. The van der Waals surface area contributed by atoms with E-state index >= 15 is 0 Å². The van der Waals surface area contributed by atoms with Gasteiger partial charge in [-0.15, -0.1) is 90.7 Å². The summed E-state index contributed by atoms with van der Waals surface area (Å²) in [4.78, 5) is 19.8. The smallest absolute Gasteiger partial charge is 0.0625 e. The Morgan fingerprint density at radius 3 is 1.02 bits per heavy atom. The minimum absolute atomic E-state index is 0.578. The Morgan fingerprint density at radius 2 is 0.705 bits per heavy atom. The van der Waals surface area contributed by atoms with Crippen molar-refractivity contribution < 1.29 is 0 Å². The summed E-state index contributed by atoms with van der Waals surface area (Å²) in [5.41, 5.74) is 0. The van der Waals surface area contributed by atoms with E-state index in [0.717, 1.165) is 6.42 Å². The lowest BCUT2D eigenvalue weighted by Crippen LogP contribution is -1.74. The van der Waals surface area contributed by atoms with Gasteiger partial charge in [0.25, 0.3) is 0 Å². The molecule has 8 rings (SSSR count). The van der Waals surface area contributed by atoms with E-state index in [9.17, 15) is 0 Å². The Hall–Kier alpha value is -2.91. The van der Waals surface area contributed by atoms with Gasteiger partial charge in [0.1, 0.15) is 0 Å². The third-order valence-electron chi connectivity index (χ3n) is 7.00. The van der Waals surface area contributed by atoms with E-state index in [2.05, 4.69) is 109 Å². The van der Waals surface area contributed by atoms with Gasteiger partial charge in [0, 0.05) is 79.6 Å². The summed E-state index contributed by atoms with van der Waals surface area (Å²) in [6.45, 7) is 0. The number of thiophene rings is 8. The molecule has 0 bridgehead atoms. The highest BCUT2D eigenvalue weighted by Crippen LogP contribution is 2.47. The molecule has 8 aromatic heterocycles. The fraction of sp³-hybridized carbons (Fsp3) is 0.0571. The van der Waals surface area contributed by atoms with Crippen LogP contribution in [0.3, 0.4) is 0 Å². The lowest BCUT2D eigenvalue weighted by Gasteiger charge is -1.93. The molecule has 0 unspecified atom stereocenters. The SMILES string of the molecule is N#CCCc1ccc(-c2ccc(-c3ccc(-c4ccc(-c5ccc(-c6ccc(-c7ccc(-c8cccs8)s7)s6)s5)s4)s3)s2)s1. The molecule has 9 heteroatoms. The topological polar surface area (TPSA) is 23.8 Å². The van der Waals surface area contributed by atoms with Crippen LogP contribution in [0.25, 0.3) is 68.3 Å². The van der Waals surface area contributed by atoms with Crippen LogP contribution >= 0.6 is 90.7 Å². The van der Waals surface area contributed by atoms with Crippen LogP contribution in [0.4, 0.5) is 0 Å². The monoisotopic (exact) mass is 711 g/mol. The Labute approximate surface area is 287 Å². The van der Waals surface area contributed by atoms with Gasteiger partial charge < -0.3 is 0 Å². The minimum atomic E-state index is 0.578. The lowest BCUT2D eigenvalue weighted by atomic mass is 10.3. The summed E-state index contributed by atoms with van der Waals surface area (Å²) in [5, 5.41) is 11.0. The standard InChI is InChI=1S/C35H21NS8/c36-19-1-3-21-5-6-24(38-21)25-9-10-28(40-25)29-13-14-32(42-29)33-17-18-35(44-33)34-16-15-31(43-34)30-12-11-27(41-30)26-8-7-23(39-26)22-4-2-20-37-22/h2,4-18,20H,1,3H2. The predicted molar refractivity (Wildman–Crippen MR) is 201 cm³/mol. The van der Waals surface area contributed by atoms with Crippen molar-refractivity contribution in [2.75, 3.05) is 0 Å². The van der Waals surface area contributed by atoms with Crippen molar-refractivity contribution in [1.82, 2.24) is 0 Å². The molecule has 0 amide bonds. The lowest BCUT2D eigenvalue weighted by molar-refractivity contribution is 1.04. The second-order valence-corrected chi connectivity index (χ2v) is 18.5. The van der Waals surface area contributed by atoms with Crippen LogP contribution < -0.4 is 0 Å². The summed E-state index contributed by atoms with van der Waals surface area (Å²) in [6, 6.07) is 38.1. The third-order valence-corrected chi connectivity index (χ3v) is 16.9. The van der Waals surface area contributed by atoms with Crippen LogP contribution in [-0.4, -0.2) is 0 Å². The molecule has 0 saturated carbocycles. The van der Waals surface area contributed by atoms with Gasteiger partial charge in [-0.25, -0.2) is 0 Å². The van der Waals surface area contributed by atoms with Crippen LogP contribution in [0.5, 0.6) is 0 Å². The van der Waals surface area contributed by atoms with Crippen LogP contribution in [0.2, 0.25) is 0 Å². The number of hydrogen-bond donors (Lipinski definition) is 0. The van der Waals surface area contributed by atoms with Crippen molar-refractivity contribution >= 4 is 90.7 Å². The fourth-order valence-electron chi connectivity index (χ4n) is 4.86. The molecular weight excluding hydrogens is 691 g/mol. The Balaban J connectivity index is 0.968. The van der Waals surface area contributed by atoms with Crippen molar-refractivity contribution in [1.29, 1.82) is 5.26 Å². The predicted octanol–water partition coefficient (Wildman–Crippen LogP) is 14.3. The average molecular weight is 712 g/mol. The Kier molecular flexibility index (Phi) is 8.09. The van der Waals surface area contributed by atoms with Crippen LogP contribution in [0.15, 0.2) is 102 Å². The zero-order valence-electron chi connectivity index (χ0n) is 22.9. The molecule has 8 aromatic rings. The molecule has 0 aromatic carbocycles. The van der Waals surface area contributed by atoms with E-state index in [-0.39, 0.29) is 0 Å². The van der Waals surface area contributed by atoms with Gasteiger partial charge >= 0.3 is 0 Å². The summed E-state index contributed by atoms with van der Waals surface area (Å²) in [7, 11) is 0. The maximum absolute atomic E-state index is 8.88. The molecule has 1 nitrogen and oxygen atoms in total. The van der Waals surface area contributed by atoms with Crippen molar-refractivity contribution in [2.45, 2.75) is 12.8 Å². The molecule has 214 valence electrons. The Morgan fingerprint density at radius 1 is 0.386 bits per heavy atom. The van der Waals surface area contributed by atoms with Gasteiger partial charge in [0.15, 0.2) is 0 Å². The van der Waals surface area contributed by atoms with E-state index in [1.807, 2.05) is 68.0 Å².